The molecular weight excluding hydrogens is 277 g/mol. The number of nitrogens with one attached hydrogen (secondary N) is 1. The molecule has 1 saturated heterocycles. The Labute approximate surface area is 112 Å². The van der Waals surface area contributed by atoms with Crippen LogP contribution in [0.4, 0.5) is 13.2 Å². The summed E-state index contributed by atoms with van der Waals surface area (Å²) in [4.78, 5) is 26.6. The maximum Gasteiger partial charge on any atom is 0.431 e. The number of likely N-dealkylation sites (tertiary alicyclic amines) is 1. The van der Waals surface area contributed by atoms with Crippen molar-refractivity contribution in [2.45, 2.75) is 25.1 Å². The lowest BCUT2D eigenvalue weighted by molar-refractivity contribution is -0.141. The number of H-pyrrole nitrogens is 1. The summed E-state index contributed by atoms with van der Waals surface area (Å²) in [5.74, 6) is -0.668. The smallest absolute Gasteiger partial charge is 0.391 e. The van der Waals surface area contributed by atoms with E-state index in [-0.39, 0.29) is 12.1 Å². The molecule has 5 nitrogen and oxygen atoms in total. The zero-order valence-corrected chi connectivity index (χ0v) is 10.4. The van der Waals surface area contributed by atoms with E-state index in [1.807, 2.05) is 0 Å². The number of halogens is 3. The van der Waals surface area contributed by atoms with Crippen LogP contribution in [0.2, 0.25) is 0 Å². The molecule has 2 N–H and O–H groups in total. The normalized spacial score (nSPS) is 20.0. The van der Waals surface area contributed by atoms with E-state index in [1.54, 1.807) is 4.98 Å². The molecule has 0 bridgehead atoms. The molecule has 8 heteroatoms. The summed E-state index contributed by atoms with van der Waals surface area (Å²) in [5, 5.41) is 9.47. The van der Waals surface area contributed by atoms with Crippen molar-refractivity contribution in [2.75, 3.05) is 13.1 Å². The van der Waals surface area contributed by atoms with E-state index in [2.05, 4.69) is 0 Å². The third-order valence-corrected chi connectivity index (χ3v) is 3.13. The molecular formula is C12H13F3N2O3. The monoisotopic (exact) mass is 290 g/mol. The van der Waals surface area contributed by atoms with Gasteiger partial charge in [0.25, 0.3) is 11.5 Å². The molecule has 0 saturated carbocycles. The maximum atomic E-state index is 12.4. The maximum absolute atomic E-state index is 12.4. The van der Waals surface area contributed by atoms with Crippen molar-refractivity contribution < 1.29 is 23.1 Å². The fraction of sp³-hybridized carbons (Fsp3) is 0.500. The van der Waals surface area contributed by atoms with Crippen LogP contribution in [0.15, 0.2) is 16.9 Å². The third-order valence-electron chi connectivity index (χ3n) is 3.13. The number of aromatic amines is 1. The summed E-state index contributed by atoms with van der Waals surface area (Å²) in [6, 6.07) is 1.53. The van der Waals surface area contributed by atoms with E-state index < -0.39 is 29.4 Å². The van der Waals surface area contributed by atoms with Crippen LogP contribution in [0.1, 0.15) is 28.9 Å². The molecule has 0 aromatic carbocycles. The number of rotatable bonds is 1. The number of aromatic nitrogens is 1. The minimum atomic E-state index is -4.66. The van der Waals surface area contributed by atoms with Gasteiger partial charge in [-0.1, -0.05) is 0 Å². The van der Waals surface area contributed by atoms with Crippen LogP contribution in [0.3, 0.4) is 0 Å². The minimum Gasteiger partial charge on any atom is -0.391 e. The standard InChI is InChI=1S/C12H13F3N2O3/c13-12(14,15)9-4-3-8(10(19)16-9)11(20)17-5-1-2-7(18)6-17/h3-4,7,18H,1-2,5-6H2,(H,16,19). The first-order valence-corrected chi connectivity index (χ1v) is 6.07. The lowest BCUT2D eigenvalue weighted by Crippen LogP contribution is -2.43. The average molecular weight is 290 g/mol. The Hall–Kier alpha value is -1.83. The number of nitrogens with zero attached hydrogens (tertiary/aromatic N) is 1. The van der Waals surface area contributed by atoms with Crippen LogP contribution in [0.5, 0.6) is 0 Å². The van der Waals surface area contributed by atoms with Gasteiger partial charge in [-0.25, -0.2) is 0 Å². The van der Waals surface area contributed by atoms with Crippen LogP contribution in [-0.2, 0) is 6.18 Å². The number of aliphatic hydroxyl groups is 1. The number of amides is 1. The van der Waals surface area contributed by atoms with E-state index in [9.17, 15) is 27.9 Å². The van der Waals surface area contributed by atoms with Gasteiger partial charge in [-0.2, -0.15) is 13.2 Å². The predicted molar refractivity (Wildman–Crippen MR) is 63.2 cm³/mol. The number of alkyl halides is 3. The Morgan fingerprint density at radius 3 is 2.65 bits per heavy atom. The van der Waals surface area contributed by atoms with Gasteiger partial charge in [0.05, 0.1) is 6.10 Å². The summed E-state index contributed by atoms with van der Waals surface area (Å²) in [6.45, 7) is 0.454. The Morgan fingerprint density at radius 1 is 1.40 bits per heavy atom. The molecule has 0 aliphatic carbocycles. The first kappa shape index (κ1) is 14.6. The Morgan fingerprint density at radius 2 is 2.10 bits per heavy atom. The van der Waals surface area contributed by atoms with Gasteiger partial charge >= 0.3 is 6.18 Å². The summed E-state index contributed by atoms with van der Waals surface area (Å²) in [5.41, 5.74) is -2.63. The van der Waals surface area contributed by atoms with Crippen LogP contribution < -0.4 is 5.56 Å². The average Bonchev–Trinajstić information content (AvgIpc) is 2.36. The molecule has 1 aliphatic rings. The molecule has 1 fully saturated rings. The number of pyridine rings is 1. The van der Waals surface area contributed by atoms with Crippen molar-refractivity contribution >= 4 is 5.91 Å². The molecule has 1 amide bonds. The summed E-state index contributed by atoms with van der Waals surface area (Å²) < 4.78 is 37.2. The molecule has 1 atom stereocenters. The summed E-state index contributed by atoms with van der Waals surface area (Å²) in [6.07, 6.45) is -4.18. The topological polar surface area (TPSA) is 73.4 Å². The van der Waals surface area contributed by atoms with Crippen molar-refractivity contribution in [1.82, 2.24) is 9.88 Å². The van der Waals surface area contributed by atoms with Gasteiger partial charge in [-0.05, 0) is 25.0 Å². The van der Waals surface area contributed by atoms with Gasteiger partial charge in [-0.3, -0.25) is 9.59 Å². The number of aliphatic hydroxyl groups excluding tert-OH is 1. The predicted octanol–water partition coefficient (Wildman–Crippen LogP) is 0.991. The molecule has 20 heavy (non-hydrogen) atoms. The molecule has 0 radical (unpaired) electrons. The number of carbonyl (C=O) groups excluding carboxylic acids is 1. The number of piperidine rings is 1. The van der Waals surface area contributed by atoms with E-state index >= 15 is 0 Å². The molecule has 2 heterocycles. The number of carbonyl (C=O) groups is 1. The zero-order chi connectivity index (χ0) is 14.9. The van der Waals surface area contributed by atoms with E-state index in [0.717, 1.165) is 6.07 Å². The fourth-order valence-electron chi connectivity index (χ4n) is 2.12. The van der Waals surface area contributed by atoms with E-state index in [1.165, 1.54) is 4.90 Å². The van der Waals surface area contributed by atoms with E-state index in [0.29, 0.717) is 25.5 Å². The van der Waals surface area contributed by atoms with Crippen molar-refractivity contribution in [3.05, 3.63) is 33.7 Å². The van der Waals surface area contributed by atoms with Crippen molar-refractivity contribution in [2.24, 2.45) is 0 Å². The summed E-state index contributed by atoms with van der Waals surface area (Å²) >= 11 is 0. The first-order valence-electron chi connectivity index (χ1n) is 6.07. The molecule has 1 unspecified atom stereocenters. The van der Waals surface area contributed by atoms with Gasteiger partial charge < -0.3 is 15.0 Å². The highest BCUT2D eigenvalue weighted by molar-refractivity contribution is 5.93. The first-order chi connectivity index (χ1) is 9.29. The lowest BCUT2D eigenvalue weighted by Gasteiger charge is -2.29. The highest BCUT2D eigenvalue weighted by atomic mass is 19.4. The highest BCUT2D eigenvalue weighted by Crippen LogP contribution is 2.26. The molecule has 0 spiro atoms. The Balaban J connectivity index is 2.25. The molecule has 110 valence electrons. The molecule has 1 aliphatic heterocycles. The zero-order valence-electron chi connectivity index (χ0n) is 10.4. The third kappa shape index (κ3) is 3.01. The molecule has 1 aromatic rings. The largest absolute Gasteiger partial charge is 0.431 e. The van der Waals surface area contributed by atoms with Gasteiger partial charge in [0.15, 0.2) is 0 Å². The quantitative estimate of drug-likeness (QED) is 0.810. The molecule has 1 aromatic heterocycles. The van der Waals surface area contributed by atoms with Crippen LogP contribution in [0, 0.1) is 0 Å². The van der Waals surface area contributed by atoms with Crippen molar-refractivity contribution in [1.29, 1.82) is 0 Å². The second kappa shape index (κ2) is 5.28. The SMILES string of the molecule is O=C(c1ccc(C(F)(F)F)[nH]c1=O)N1CCCC(O)C1. The van der Waals surface area contributed by atoms with Crippen molar-refractivity contribution in [3.8, 4) is 0 Å². The molecule has 2 rings (SSSR count). The van der Waals surface area contributed by atoms with Crippen molar-refractivity contribution in [3.63, 3.8) is 0 Å². The fourth-order valence-corrected chi connectivity index (χ4v) is 2.12. The van der Waals surface area contributed by atoms with Gasteiger partial charge in [-0.15, -0.1) is 0 Å². The lowest BCUT2D eigenvalue weighted by atomic mass is 10.1. The second-order valence-electron chi connectivity index (χ2n) is 4.66. The van der Waals surface area contributed by atoms with Crippen LogP contribution in [0.25, 0.3) is 0 Å². The Bertz CT molecular complexity index is 568. The summed E-state index contributed by atoms with van der Waals surface area (Å²) in [7, 11) is 0. The van der Waals surface area contributed by atoms with Gasteiger partial charge in [0.2, 0.25) is 0 Å². The van der Waals surface area contributed by atoms with E-state index in [4.69, 9.17) is 0 Å². The number of hydrogen-bond donors (Lipinski definition) is 2. The Kier molecular flexibility index (Phi) is 3.85. The number of hydrogen-bond acceptors (Lipinski definition) is 3. The number of β-amino-alcohol motifs (C(OH)–C–C–N with tert-alkyl or cyclic N) is 1. The second-order valence-corrected chi connectivity index (χ2v) is 4.66. The van der Waals surface area contributed by atoms with Crippen LogP contribution in [-0.4, -0.2) is 40.1 Å². The van der Waals surface area contributed by atoms with Crippen LogP contribution >= 0.6 is 0 Å². The van der Waals surface area contributed by atoms with Gasteiger partial charge in [0.1, 0.15) is 11.3 Å². The van der Waals surface area contributed by atoms with Gasteiger partial charge in [0, 0.05) is 13.1 Å². The highest BCUT2D eigenvalue weighted by Gasteiger charge is 2.33. The minimum absolute atomic E-state index is 0.0826.